The van der Waals surface area contributed by atoms with Crippen molar-refractivity contribution in [3.8, 4) is 0 Å². The van der Waals surface area contributed by atoms with Gasteiger partial charge in [0.15, 0.2) is 0 Å². The summed E-state index contributed by atoms with van der Waals surface area (Å²) in [5.74, 6) is 2.05. The van der Waals surface area contributed by atoms with Crippen molar-refractivity contribution in [3.63, 3.8) is 0 Å². The van der Waals surface area contributed by atoms with Crippen LogP contribution in [0.1, 0.15) is 57.6 Å². The number of fused-ring (bicyclic) bond motifs is 1. The van der Waals surface area contributed by atoms with Crippen LogP contribution in [-0.2, 0) is 10.2 Å². The molecule has 0 bridgehead atoms. The molecule has 1 fully saturated rings. The second kappa shape index (κ2) is 6.04. The normalized spacial score (nSPS) is 23.7. The predicted molar refractivity (Wildman–Crippen MR) is 101 cm³/mol. The van der Waals surface area contributed by atoms with Gasteiger partial charge in [0.1, 0.15) is 5.82 Å². The Morgan fingerprint density at radius 3 is 2.54 bits per heavy atom. The molecule has 1 aliphatic heterocycles. The molecule has 2 aromatic heterocycles. The number of aromatic nitrogens is 3. The van der Waals surface area contributed by atoms with E-state index in [9.17, 15) is 4.79 Å². The molecule has 0 spiro atoms. The number of anilines is 2. The molecular weight excluding hydrogens is 326 g/mol. The van der Waals surface area contributed by atoms with Gasteiger partial charge in [0, 0.05) is 36.2 Å². The molecule has 1 aliphatic carbocycles. The zero-order valence-corrected chi connectivity index (χ0v) is 15.7. The van der Waals surface area contributed by atoms with E-state index < -0.39 is 5.41 Å². The van der Waals surface area contributed by atoms with Gasteiger partial charge in [0.25, 0.3) is 0 Å². The van der Waals surface area contributed by atoms with Crippen molar-refractivity contribution in [1.29, 1.82) is 0 Å². The fraction of sp³-hybridized carbons (Fsp3) is 0.500. The Morgan fingerprint density at radius 1 is 1.19 bits per heavy atom. The van der Waals surface area contributed by atoms with Crippen LogP contribution in [0.5, 0.6) is 0 Å². The molecule has 4 rings (SSSR count). The smallest absolute Gasteiger partial charge is 0.238 e. The van der Waals surface area contributed by atoms with E-state index in [0.717, 1.165) is 29.8 Å². The van der Waals surface area contributed by atoms with Crippen molar-refractivity contribution < 1.29 is 4.79 Å². The first kappa shape index (κ1) is 16.9. The lowest BCUT2D eigenvalue weighted by atomic mass is 9.84. The molecule has 6 heteroatoms. The van der Waals surface area contributed by atoms with Crippen molar-refractivity contribution in [2.75, 3.05) is 10.2 Å². The van der Waals surface area contributed by atoms with Gasteiger partial charge < -0.3 is 5.32 Å². The van der Waals surface area contributed by atoms with Crippen LogP contribution in [0.25, 0.3) is 0 Å². The molecule has 1 amide bonds. The summed E-state index contributed by atoms with van der Waals surface area (Å²) in [6.07, 6.45) is 7.28. The summed E-state index contributed by atoms with van der Waals surface area (Å²) in [5.41, 5.74) is 1.65. The minimum Gasteiger partial charge on any atom is -0.351 e. The Labute approximate surface area is 154 Å². The Hall–Kier alpha value is -2.50. The van der Waals surface area contributed by atoms with Gasteiger partial charge in [-0.2, -0.15) is 0 Å². The number of nitrogens with one attached hydrogen (secondary N) is 1. The standard InChI is InChI=1S/C20H25N5O/c1-12(2)13-10-22-19(23-11-13)24-14-8-15(9-14)25-17-16(6-5-7-21-17)20(3,4)18(25)26/h5-7,10-12,14-15H,8-9H2,1-4H3,(H,22,23,24)/t14-,15-. The average molecular weight is 351 g/mol. The van der Waals surface area contributed by atoms with Crippen LogP contribution in [0.4, 0.5) is 11.8 Å². The van der Waals surface area contributed by atoms with Gasteiger partial charge in [0.2, 0.25) is 11.9 Å². The van der Waals surface area contributed by atoms with Crippen LogP contribution in [0, 0.1) is 0 Å². The van der Waals surface area contributed by atoms with Crippen molar-refractivity contribution >= 4 is 17.7 Å². The van der Waals surface area contributed by atoms with E-state index in [1.54, 1.807) is 6.20 Å². The lowest BCUT2D eigenvalue weighted by Gasteiger charge is -2.41. The second-order valence-electron chi connectivity index (χ2n) is 8.14. The summed E-state index contributed by atoms with van der Waals surface area (Å²) in [4.78, 5) is 28.1. The third-order valence-electron chi connectivity index (χ3n) is 5.59. The maximum atomic E-state index is 12.9. The minimum absolute atomic E-state index is 0.146. The molecular formula is C20H25N5O. The number of pyridine rings is 1. The maximum Gasteiger partial charge on any atom is 0.238 e. The number of carbonyl (C=O) groups excluding carboxylic acids is 1. The maximum absolute atomic E-state index is 12.9. The molecule has 0 aromatic carbocycles. The predicted octanol–water partition coefficient (Wildman–Crippen LogP) is 3.26. The largest absolute Gasteiger partial charge is 0.351 e. The lowest BCUT2D eigenvalue weighted by molar-refractivity contribution is -0.122. The summed E-state index contributed by atoms with van der Waals surface area (Å²) in [5, 5.41) is 3.38. The molecule has 3 heterocycles. The van der Waals surface area contributed by atoms with Gasteiger partial charge in [-0.15, -0.1) is 0 Å². The van der Waals surface area contributed by atoms with Crippen LogP contribution in [-0.4, -0.2) is 32.9 Å². The van der Waals surface area contributed by atoms with E-state index in [2.05, 4.69) is 34.1 Å². The van der Waals surface area contributed by atoms with Crippen LogP contribution in [0.2, 0.25) is 0 Å². The van der Waals surface area contributed by atoms with Crippen LogP contribution >= 0.6 is 0 Å². The number of carbonyl (C=O) groups is 1. The summed E-state index contributed by atoms with van der Waals surface area (Å²) >= 11 is 0. The van der Waals surface area contributed by atoms with Crippen LogP contribution in [0.15, 0.2) is 30.7 Å². The minimum atomic E-state index is -0.502. The Balaban J connectivity index is 1.43. The zero-order chi connectivity index (χ0) is 18.5. The van der Waals surface area contributed by atoms with E-state index in [-0.39, 0.29) is 18.0 Å². The summed E-state index contributed by atoms with van der Waals surface area (Å²) in [7, 11) is 0. The van der Waals surface area contributed by atoms with Gasteiger partial charge in [0.05, 0.1) is 5.41 Å². The fourth-order valence-corrected chi connectivity index (χ4v) is 3.74. The highest BCUT2D eigenvalue weighted by atomic mass is 16.2. The molecule has 2 aromatic rings. The molecule has 2 aliphatic rings. The van der Waals surface area contributed by atoms with Gasteiger partial charge in [-0.1, -0.05) is 19.9 Å². The summed E-state index contributed by atoms with van der Waals surface area (Å²) < 4.78 is 0. The molecule has 0 radical (unpaired) electrons. The summed E-state index contributed by atoms with van der Waals surface area (Å²) in [6.45, 7) is 8.22. The van der Waals surface area contributed by atoms with E-state index in [0.29, 0.717) is 11.9 Å². The van der Waals surface area contributed by atoms with E-state index in [1.165, 1.54) is 0 Å². The molecule has 26 heavy (non-hydrogen) atoms. The second-order valence-corrected chi connectivity index (χ2v) is 8.14. The molecule has 0 unspecified atom stereocenters. The van der Waals surface area contributed by atoms with Crippen molar-refractivity contribution in [3.05, 3.63) is 41.9 Å². The molecule has 0 atom stereocenters. The van der Waals surface area contributed by atoms with E-state index >= 15 is 0 Å². The number of hydrogen-bond donors (Lipinski definition) is 1. The first-order valence-corrected chi connectivity index (χ1v) is 9.25. The molecule has 1 saturated carbocycles. The lowest BCUT2D eigenvalue weighted by Crippen LogP contribution is -2.53. The Morgan fingerprint density at radius 2 is 1.88 bits per heavy atom. The van der Waals surface area contributed by atoms with E-state index in [1.807, 2.05) is 43.3 Å². The van der Waals surface area contributed by atoms with Crippen molar-refractivity contribution in [1.82, 2.24) is 15.0 Å². The number of rotatable bonds is 4. The number of nitrogens with zero attached hydrogens (tertiary/aromatic N) is 4. The fourth-order valence-electron chi connectivity index (χ4n) is 3.74. The van der Waals surface area contributed by atoms with Crippen molar-refractivity contribution in [2.45, 2.75) is 64.0 Å². The quantitative estimate of drug-likeness (QED) is 0.915. The van der Waals surface area contributed by atoms with Crippen molar-refractivity contribution in [2.24, 2.45) is 0 Å². The SMILES string of the molecule is CC(C)c1cnc(N[C@H]2C[C@H](N3C(=O)C(C)(C)c4cccnc43)C2)nc1. The van der Waals surface area contributed by atoms with E-state index in [4.69, 9.17) is 0 Å². The first-order valence-electron chi connectivity index (χ1n) is 9.25. The van der Waals surface area contributed by atoms with Gasteiger partial charge in [-0.05, 0) is 44.2 Å². The first-order chi connectivity index (χ1) is 12.4. The van der Waals surface area contributed by atoms with Crippen LogP contribution < -0.4 is 10.2 Å². The Kier molecular flexibility index (Phi) is 3.93. The monoisotopic (exact) mass is 351 g/mol. The highest BCUT2D eigenvalue weighted by Crippen LogP contribution is 2.44. The molecule has 0 saturated heterocycles. The third-order valence-corrected chi connectivity index (χ3v) is 5.59. The van der Waals surface area contributed by atoms with Crippen LogP contribution in [0.3, 0.4) is 0 Å². The number of hydrogen-bond acceptors (Lipinski definition) is 5. The van der Waals surface area contributed by atoms with Gasteiger partial charge >= 0.3 is 0 Å². The highest BCUT2D eigenvalue weighted by Gasteiger charge is 2.50. The molecule has 6 nitrogen and oxygen atoms in total. The van der Waals surface area contributed by atoms with Gasteiger partial charge in [-0.3, -0.25) is 9.69 Å². The average Bonchev–Trinajstić information content (AvgIpc) is 2.79. The van der Waals surface area contributed by atoms with Gasteiger partial charge in [-0.25, -0.2) is 15.0 Å². The highest BCUT2D eigenvalue weighted by molar-refractivity contribution is 6.07. The molecule has 1 N–H and O–H groups in total. The molecule has 136 valence electrons. The Bertz CT molecular complexity index is 824. The zero-order valence-electron chi connectivity index (χ0n) is 15.7. The third kappa shape index (κ3) is 2.64. The topological polar surface area (TPSA) is 71.0 Å². The number of amides is 1. The summed E-state index contributed by atoms with van der Waals surface area (Å²) in [6, 6.07) is 4.39.